The molecule has 6 nitrogen and oxygen atoms in total. The highest BCUT2D eigenvalue weighted by molar-refractivity contribution is 5.99. The quantitative estimate of drug-likeness (QED) is 0.649. The number of pyridine rings is 1. The summed E-state index contributed by atoms with van der Waals surface area (Å²) in [5.74, 6) is 0.285. The number of carbonyl (C=O) groups excluding carboxylic acids is 2. The van der Waals surface area contributed by atoms with E-state index >= 15 is 0 Å². The minimum atomic E-state index is -0.532. The van der Waals surface area contributed by atoms with Crippen molar-refractivity contribution < 1.29 is 14.8 Å². The van der Waals surface area contributed by atoms with Crippen LogP contribution in [0.5, 0.6) is 0 Å². The number of aromatic nitrogens is 1. The fourth-order valence-corrected chi connectivity index (χ4v) is 4.02. The predicted molar refractivity (Wildman–Crippen MR) is 91.4 cm³/mol. The van der Waals surface area contributed by atoms with E-state index in [0.29, 0.717) is 24.3 Å². The summed E-state index contributed by atoms with van der Waals surface area (Å²) in [4.78, 5) is 30.9. The lowest BCUT2D eigenvalue weighted by Gasteiger charge is -2.33. The van der Waals surface area contributed by atoms with Gasteiger partial charge in [0.15, 0.2) is 0 Å². The highest BCUT2D eigenvalue weighted by Gasteiger charge is 2.48. The van der Waals surface area contributed by atoms with Crippen LogP contribution >= 0.6 is 0 Å². The van der Waals surface area contributed by atoms with Crippen molar-refractivity contribution in [3.05, 3.63) is 59.3 Å². The van der Waals surface area contributed by atoms with Gasteiger partial charge in [0.2, 0.25) is 5.91 Å². The summed E-state index contributed by atoms with van der Waals surface area (Å²) in [5.41, 5.74) is 3.84. The van der Waals surface area contributed by atoms with Gasteiger partial charge in [0.05, 0.1) is 5.41 Å². The molecule has 1 aromatic heterocycles. The van der Waals surface area contributed by atoms with Crippen LogP contribution in [-0.4, -0.2) is 28.6 Å². The van der Waals surface area contributed by atoms with Gasteiger partial charge < -0.3 is 0 Å². The molecule has 0 saturated carbocycles. The molecule has 128 valence electrons. The van der Waals surface area contributed by atoms with E-state index < -0.39 is 11.3 Å². The van der Waals surface area contributed by atoms with Crippen LogP contribution in [-0.2, 0) is 17.6 Å². The Kier molecular flexibility index (Phi) is 3.77. The highest BCUT2D eigenvalue weighted by Crippen LogP contribution is 2.44. The molecule has 2 amide bonds. The Morgan fingerprint density at radius 2 is 2.08 bits per heavy atom. The summed E-state index contributed by atoms with van der Waals surface area (Å²) >= 11 is 0. The van der Waals surface area contributed by atoms with Crippen molar-refractivity contribution in [2.24, 2.45) is 5.41 Å². The summed E-state index contributed by atoms with van der Waals surface area (Å²) in [5, 5.41) is 8.83. The first-order valence-corrected chi connectivity index (χ1v) is 8.42. The molecular weight excluding hydrogens is 318 g/mol. The largest absolute Gasteiger partial charge is 0.296 e. The summed E-state index contributed by atoms with van der Waals surface area (Å²) in [6.07, 6.45) is 4.74. The van der Waals surface area contributed by atoms with E-state index in [4.69, 9.17) is 5.21 Å². The SMILES string of the molecule is O=C(NO)c1ccc2c(c1)C[C@]1(CC2)CCN(c2ccccn2)C1=O. The minimum Gasteiger partial charge on any atom is -0.296 e. The molecule has 1 aliphatic carbocycles. The Morgan fingerprint density at radius 1 is 1.20 bits per heavy atom. The lowest BCUT2D eigenvalue weighted by molar-refractivity contribution is -0.126. The second-order valence-electron chi connectivity index (χ2n) is 6.78. The smallest absolute Gasteiger partial charge is 0.274 e. The maximum absolute atomic E-state index is 13.1. The van der Waals surface area contributed by atoms with Gasteiger partial charge in [0.25, 0.3) is 5.91 Å². The molecule has 1 spiro atoms. The van der Waals surface area contributed by atoms with E-state index in [1.807, 2.05) is 24.3 Å². The van der Waals surface area contributed by atoms with Crippen molar-refractivity contribution in [3.8, 4) is 0 Å². The number of nitrogens with zero attached hydrogens (tertiary/aromatic N) is 2. The molecular formula is C19H19N3O3. The topological polar surface area (TPSA) is 82.5 Å². The highest BCUT2D eigenvalue weighted by atomic mass is 16.5. The van der Waals surface area contributed by atoms with E-state index in [0.717, 1.165) is 24.8 Å². The summed E-state index contributed by atoms with van der Waals surface area (Å²) in [6.45, 7) is 0.669. The van der Waals surface area contributed by atoms with Crippen LogP contribution < -0.4 is 10.4 Å². The third-order valence-electron chi connectivity index (χ3n) is 5.41. The van der Waals surface area contributed by atoms with Gasteiger partial charge in [-0.15, -0.1) is 0 Å². The van der Waals surface area contributed by atoms with Crippen LogP contribution in [0.15, 0.2) is 42.6 Å². The summed E-state index contributed by atoms with van der Waals surface area (Å²) < 4.78 is 0. The van der Waals surface area contributed by atoms with E-state index in [1.54, 1.807) is 28.7 Å². The zero-order valence-electron chi connectivity index (χ0n) is 13.7. The minimum absolute atomic E-state index is 0.119. The van der Waals surface area contributed by atoms with Crippen LogP contribution in [0.25, 0.3) is 0 Å². The molecule has 0 radical (unpaired) electrons. The molecule has 4 rings (SSSR count). The molecule has 1 fully saturated rings. The van der Waals surface area contributed by atoms with E-state index in [-0.39, 0.29) is 5.91 Å². The monoisotopic (exact) mass is 337 g/mol. The Hall–Kier alpha value is -2.73. The molecule has 1 aliphatic heterocycles. The second-order valence-corrected chi connectivity index (χ2v) is 6.78. The number of hydrogen-bond donors (Lipinski definition) is 2. The van der Waals surface area contributed by atoms with Crippen LogP contribution in [0.2, 0.25) is 0 Å². The van der Waals surface area contributed by atoms with Gasteiger partial charge >= 0.3 is 0 Å². The molecule has 1 saturated heterocycles. The molecule has 1 aromatic carbocycles. The second kappa shape index (κ2) is 5.97. The third-order valence-corrected chi connectivity index (χ3v) is 5.41. The number of benzene rings is 1. The van der Waals surface area contributed by atoms with Crippen molar-refractivity contribution in [1.82, 2.24) is 10.5 Å². The number of aryl methyl sites for hydroxylation is 1. The van der Waals surface area contributed by atoms with Crippen molar-refractivity contribution >= 4 is 17.6 Å². The van der Waals surface area contributed by atoms with Crippen molar-refractivity contribution in [3.63, 3.8) is 0 Å². The predicted octanol–water partition coefficient (Wildman–Crippen LogP) is 2.11. The lowest BCUT2D eigenvalue weighted by atomic mass is 9.70. The Labute approximate surface area is 145 Å². The number of carbonyl (C=O) groups is 2. The zero-order valence-corrected chi connectivity index (χ0v) is 13.7. The van der Waals surface area contributed by atoms with Gasteiger partial charge in [0.1, 0.15) is 5.82 Å². The van der Waals surface area contributed by atoms with Crippen molar-refractivity contribution in [1.29, 1.82) is 0 Å². The fourth-order valence-electron chi connectivity index (χ4n) is 4.02. The van der Waals surface area contributed by atoms with Gasteiger partial charge in [-0.25, -0.2) is 10.5 Å². The van der Waals surface area contributed by atoms with E-state index in [9.17, 15) is 9.59 Å². The van der Waals surface area contributed by atoms with Crippen molar-refractivity contribution in [2.45, 2.75) is 25.7 Å². The van der Waals surface area contributed by atoms with Gasteiger partial charge in [-0.2, -0.15) is 0 Å². The molecule has 0 bridgehead atoms. The van der Waals surface area contributed by atoms with E-state index in [1.165, 1.54) is 5.56 Å². The number of rotatable bonds is 2. The number of hydroxylamine groups is 1. The van der Waals surface area contributed by atoms with Crippen LogP contribution in [0.1, 0.15) is 34.3 Å². The number of amides is 2. The summed E-state index contributed by atoms with van der Waals surface area (Å²) in [7, 11) is 0. The molecule has 2 heterocycles. The number of fused-ring (bicyclic) bond motifs is 1. The third kappa shape index (κ3) is 2.59. The van der Waals surface area contributed by atoms with Gasteiger partial charge in [-0.05, 0) is 61.1 Å². The molecule has 25 heavy (non-hydrogen) atoms. The lowest BCUT2D eigenvalue weighted by Crippen LogP contribution is -2.39. The Bertz CT molecular complexity index is 837. The maximum Gasteiger partial charge on any atom is 0.274 e. The normalized spacial score (nSPS) is 22.1. The van der Waals surface area contributed by atoms with E-state index in [2.05, 4.69) is 4.98 Å². The Balaban J connectivity index is 1.63. The molecule has 2 aliphatic rings. The van der Waals surface area contributed by atoms with Gasteiger partial charge in [-0.3, -0.25) is 19.7 Å². The van der Waals surface area contributed by atoms with Crippen LogP contribution in [0.3, 0.4) is 0 Å². The average molecular weight is 337 g/mol. The maximum atomic E-state index is 13.1. The number of anilines is 1. The van der Waals surface area contributed by atoms with Crippen molar-refractivity contribution in [2.75, 3.05) is 11.4 Å². The van der Waals surface area contributed by atoms with Gasteiger partial charge in [-0.1, -0.05) is 12.1 Å². The van der Waals surface area contributed by atoms with Crippen LogP contribution in [0, 0.1) is 5.41 Å². The molecule has 2 aromatic rings. The molecule has 0 unspecified atom stereocenters. The first-order chi connectivity index (χ1) is 12.1. The van der Waals surface area contributed by atoms with Gasteiger partial charge in [0, 0.05) is 18.3 Å². The molecule has 2 N–H and O–H groups in total. The summed E-state index contributed by atoms with van der Waals surface area (Å²) in [6, 6.07) is 11.0. The molecule has 1 atom stereocenters. The number of hydrogen-bond acceptors (Lipinski definition) is 4. The first-order valence-electron chi connectivity index (χ1n) is 8.42. The molecule has 6 heteroatoms. The number of nitrogens with one attached hydrogen (secondary N) is 1. The fraction of sp³-hybridized carbons (Fsp3) is 0.316. The average Bonchev–Trinajstić information content (AvgIpc) is 2.97. The zero-order chi connectivity index (χ0) is 17.4. The standard InChI is InChI=1S/C19H19N3O3/c23-17(21-25)14-5-4-13-6-7-19(12-15(13)11-14)8-10-22(18(19)24)16-3-1-2-9-20-16/h1-5,9,11,25H,6-8,10,12H2,(H,21,23)/t19-/m0/s1. The Morgan fingerprint density at radius 3 is 2.84 bits per heavy atom. The van der Waals surface area contributed by atoms with Crippen LogP contribution in [0.4, 0.5) is 5.82 Å². The first kappa shape index (κ1) is 15.8.